The lowest BCUT2D eigenvalue weighted by Crippen LogP contribution is -2.25. The van der Waals surface area contributed by atoms with Crippen molar-refractivity contribution < 1.29 is 9.21 Å². The number of nitrogens with one attached hydrogen (secondary N) is 1. The van der Waals surface area contributed by atoms with Crippen molar-refractivity contribution in [2.75, 3.05) is 5.32 Å². The topological polar surface area (TPSA) is 90.0 Å². The lowest BCUT2D eigenvalue weighted by Gasteiger charge is -2.15. The van der Waals surface area contributed by atoms with E-state index in [-0.39, 0.29) is 28.3 Å². The summed E-state index contributed by atoms with van der Waals surface area (Å²) in [6.45, 7) is 3.55. The monoisotopic (exact) mass is 374 g/mol. The summed E-state index contributed by atoms with van der Waals surface area (Å²) in [4.78, 5) is 34.3. The summed E-state index contributed by atoms with van der Waals surface area (Å²) in [7, 11) is 0. The van der Waals surface area contributed by atoms with E-state index in [1.807, 2.05) is 37.3 Å². The maximum Gasteiger partial charge on any atom is 0.266 e. The van der Waals surface area contributed by atoms with Crippen LogP contribution in [0.3, 0.4) is 0 Å². The van der Waals surface area contributed by atoms with Crippen LogP contribution in [0, 0.1) is 6.92 Å². The Hall–Kier alpha value is -3.74. The first kappa shape index (κ1) is 17.7. The van der Waals surface area contributed by atoms with Gasteiger partial charge in [0.15, 0.2) is 0 Å². The quantitative estimate of drug-likeness (QED) is 0.590. The van der Waals surface area contributed by atoms with Gasteiger partial charge in [0.05, 0.1) is 23.5 Å². The van der Waals surface area contributed by atoms with Crippen LogP contribution in [0.5, 0.6) is 0 Å². The number of amides is 1. The summed E-state index contributed by atoms with van der Waals surface area (Å²) < 4.78 is 7.09. The zero-order chi connectivity index (χ0) is 19.7. The van der Waals surface area contributed by atoms with E-state index in [9.17, 15) is 9.59 Å². The number of carbonyl (C=O) groups is 1. The second kappa shape index (κ2) is 7.11. The number of aromatic nitrogens is 3. The number of nitrogens with zero attached hydrogens (tertiary/aromatic N) is 3. The van der Waals surface area contributed by atoms with Crippen LogP contribution in [0.1, 0.15) is 34.6 Å². The van der Waals surface area contributed by atoms with Crippen LogP contribution in [0.4, 0.5) is 5.69 Å². The zero-order valence-corrected chi connectivity index (χ0v) is 15.4. The number of anilines is 1. The van der Waals surface area contributed by atoms with Crippen LogP contribution in [0.15, 0.2) is 70.4 Å². The molecule has 7 heteroatoms. The smallest absolute Gasteiger partial charge is 0.266 e. The first-order chi connectivity index (χ1) is 13.6. The molecule has 1 atom stereocenters. The van der Waals surface area contributed by atoms with Crippen LogP contribution >= 0.6 is 0 Å². The van der Waals surface area contributed by atoms with Gasteiger partial charge >= 0.3 is 0 Å². The molecule has 28 heavy (non-hydrogen) atoms. The van der Waals surface area contributed by atoms with E-state index in [1.165, 1.54) is 17.1 Å². The maximum absolute atomic E-state index is 13.2. The van der Waals surface area contributed by atoms with Crippen molar-refractivity contribution in [1.29, 1.82) is 0 Å². The number of rotatable bonds is 4. The Balaban J connectivity index is 1.81. The minimum Gasteiger partial charge on any atom is -0.442 e. The first-order valence-electron chi connectivity index (χ1n) is 8.83. The van der Waals surface area contributed by atoms with E-state index >= 15 is 0 Å². The van der Waals surface area contributed by atoms with Crippen LogP contribution in [0.2, 0.25) is 0 Å². The van der Waals surface area contributed by atoms with Crippen molar-refractivity contribution >= 4 is 22.7 Å². The highest BCUT2D eigenvalue weighted by atomic mass is 16.3. The molecule has 4 rings (SSSR count). The van der Waals surface area contributed by atoms with Gasteiger partial charge in [-0.1, -0.05) is 30.3 Å². The molecule has 0 spiro atoms. The number of pyridine rings is 1. The van der Waals surface area contributed by atoms with Gasteiger partial charge in [0.25, 0.3) is 11.5 Å². The Labute approximate surface area is 160 Å². The predicted octanol–water partition coefficient (Wildman–Crippen LogP) is 3.55. The van der Waals surface area contributed by atoms with Crippen LogP contribution in [0.25, 0.3) is 11.1 Å². The van der Waals surface area contributed by atoms with E-state index < -0.39 is 5.91 Å². The summed E-state index contributed by atoms with van der Waals surface area (Å²) in [5.74, 6) is -0.0978. The third-order valence-electron chi connectivity index (χ3n) is 4.66. The lowest BCUT2D eigenvalue weighted by molar-refractivity contribution is 0.102. The Morgan fingerprint density at radius 2 is 1.96 bits per heavy atom. The first-order valence-corrected chi connectivity index (χ1v) is 8.83. The molecule has 0 radical (unpaired) electrons. The van der Waals surface area contributed by atoms with Crippen LogP contribution in [-0.4, -0.2) is 20.4 Å². The van der Waals surface area contributed by atoms with E-state index in [0.29, 0.717) is 11.4 Å². The van der Waals surface area contributed by atoms with Crippen molar-refractivity contribution in [2.24, 2.45) is 0 Å². The highest BCUT2D eigenvalue weighted by Crippen LogP contribution is 2.24. The fourth-order valence-electron chi connectivity index (χ4n) is 3.19. The largest absolute Gasteiger partial charge is 0.442 e. The maximum atomic E-state index is 13.2. The number of hydrogen-bond donors (Lipinski definition) is 1. The summed E-state index contributed by atoms with van der Waals surface area (Å²) >= 11 is 0. The van der Waals surface area contributed by atoms with Crippen molar-refractivity contribution in [1.82, 2.24) is 14.5 Å². The molecule has 1 N–H and O–H groups in total. The molecule has 0 saturated heterocycles. The number of fused-ring (bicyclic) bond motifs is 1. The van der Waals surface area contributed by atoms with Gasteiger partial charge in [-0.15, -0.1) is 0 Å². The molecule has 3 aromatic heterocycles. The van der Waals surface area contributed by atoms with Gasteiger partial charge in [-0.2, -0.15) is 0 Å². The standard InChI is InChI=1S/C21H18N4O3/c1-13(15-7-4-3-5-8-15)25-12-23-20-18(21(25)27)17(14(2)28-20)19(26)24-16-9-6-10-22-11-16/h3-13H,1-2H3,(H,24,26). The van der Waals surface area contributed by atoms with Crippen molar-refractivity contribution in [2.45, 2.75) is 19.9 Å². The molecule has 7 nitrogen and oxygen atoms in total. The molecule has 4 aromatic rings. The number of aryl methyl sites for hydroxylation is 1. The second-order valence-corrected chi connectivity index (χ2v) is 6.45. The summed E-state index contributed by atoms with van der Waals surface area (Å²) in [5, 5.41) is 2.92. The molecule has 0 aliphatic heterocycles. The van der Waals surface area contributed by atoms with Gasteiger partial charge in [0.1, 0.15) is 17.5 Å². The van der Waals surface area contributed by atoms with Crippen molar-refractivity contribution in [3.8, 4) is 0 Å². The van der Waals surface area contributed by atoms with Gasteiger partial charge in [0.2, 0.25) is 5.71 Å². The second-order valence-electron chi connectivity index (χ2n) is 6.45. The molecule has 1 amide bonds. The van der Waals surface area contributed by atoms with E-state index in [4.69, 9.17) is 4.42 Å². The van der Waals surface area contributed by atoms with Gasteiger partial charge in [-0.3, -0.25) is 19.1 Å². The molecule has 0 fully saturated rings. The fraction of sp³-hybridized carbons (Fsp3) is 0.143. The summed E-state index contributed by atoms with van der Waals surface area (Å²) in [5.41, 5.74) is 1.51. The van der Waals surface area contributed by atoms with Gasteiger partial charge in [-0.25, -0.2) is 4.98 Å². The average molecular weight is 374 g/mol. The summed E-state index contributed by atoms with van der Waals surface area (Å²) in [6, 6.07) is 12.8. The zero-order valence-electron chi connectivity index (χ0n) is 15.4. The van der Waals surface area contributed by atoms with E-state index in [1.54, 1.807) is 25.3 Å². The SMILES string of the molecule is Cc1oc2ncn(C(C)c3ccccc3)c(=O)c2c1C(=O)Nc1cccnc1. The Bertz CT molecular complexity index is 1200. The molecule has 0 aliphatic carbocycles. The molecule has 1 aromatic carbocycles. The molecule has 0 saturated carbocycles. The van der Waals surface area contributed by atoms with Crippen LogP contribution in [-0.2, 0) is 0 Å². The Kier molecular flexibility index (Phi) is 4.49. The number of carbonyl (C=O) groups excluding carboxylic acids is 1. The van der Waals surface area contributed by atoms with E-state index in [0.717, 1.165) is 5.56 Å². The molecule has 1 unspecified atom stereocenters. The number of hydrogen-bond acceptors (Lipinski definition) is 5. The molecular formula is C21H18N4O3. The molecule has 0 aliphatic rings. The van der Waals surface area contributed by atoms with Crippen molar-refractivity contribution in [3.05, 3.63) is 88.4 Å². The minimum absolute atomic E-state index is 0.148. The normalized spacial score (nSPS) is 12.1. The number of benzene rings is 1. The predicted molar refractivity (Wildman–Crippen MR) is 105 cm³/mol. The van der Waals surface area contributed by atoms with E-state index in [2.05, 4.69) is 15.3 Å². The Morgan fingerprint density at radius 1 is 1.18 bits per heavy atom. The van der Waals surface area contributed by atoms with Gasteiger partial charge in [-0.05, 0) is 31.5 Å². The average Bonchev–Trinajstić information content (AvgIpc) is 3.06. The minimum atomic E-state index is -0.437. The highest BCUT2D eigenvalue weighted by Gasteiger charge is 2.24. The van der Waals surface area contributed by atoms with Crippen molar-refractivity contribution in [3.63, 3.8) is 0 Å². The lowest BCUT2D eigenvalue weighted by atomic mass is 10.1. The third kappa shape index (κ3) is 3.07. The highest BCUT2D eigenvalue weighted by molar-refractivity contribution is 6.12. The molecule has 3 heterocycles. The Morgan fingerprint density at radius 3 is 2.68 bits per heavy atom. The summed E-state index contributed by atoms with van der Waals surface area (Å²) in [6.07, 6.45) is 4.60. The molecule has 140 valence electrons. The van der Waals surface area contributed by atoms with Crippen LogP contribution < -0.4 is 10.9 Å². The van der Waals surface area contributed by atoms with Gasteiger partial charge < -0.3 is 9.73 Å². The number of furan rings is 1. The third-order valence-corrected chi connectivity index (χ3v) is 4.66. The molecule has 0 bridgehead atoms. The molecular weight excluding hydrogens is 356 g/mol. The fourth-order valence-corrected chi connectivity index (χ4v) is 3.19. The van der Waals surface area contributed by atoms with Gasteiger partial charge in [0, 0.05) is 6.20 Å².